The van der Waals surface area contributed by atoms with Crippen LogP contribution in [0.25, 0.3) is 6.08 Å². The number of hydrazone groups is 1. The normalized spacial score (nSPS) is 15.9. The van der Waals surface area contributed by atoms with Crippen molar-refractivity contribution in [3.63, 3.8) is 0 Å². The molecule has 0 unspecified atom stereocenters. The maximum Gasteiger partial charge on any atom is 0.335 e. The Morgan fingerprint density at radius 2 is 2.04 bits per heavy atom. The summed E-state index contributed by atoms with van der Waals surface area (Å²) in [6, 6.07) is 10.0. The van der Waals surface area contributed by atoms with Gasteiger partial charge in [0.25, 0.3) is 5.91 Å². The van der Waals surface area contributed by atoms with Gasteiger partial charge in [-0.25, -0.2) is 4.79 Å². The number of hydrogen-bond acceptors (Lipinski definition) is 4. The minimum atomic E-state index is -0.997. The van der Waals surface area contributed by atoms with Gasteiger partial charge >= 0.3 is 5.97 Å². The van der Waals surface area contributed by atoms with Crippen molar-refractivity contribution in [2.75, 3.05) is 5.01 Å². The average molecular weight is 340 g/mol. The van der Waals surface area contributed by atoms with E-state index >= 15 is 0 Å². The summed E-state index contributed by atoms with van der Waals surface area (Å²) in [6.07, 6.45) is 3.47. The molecule has 2 heterocycles. The number of rotatable bonds is 5. The highest BCUT2D eigenvalue weighted by atomic mass is 32.1. The van der Waals surface area contributed by atoms with E-state index in [9.17, 15) is 9.59 Å². The second-order valence-corrected chi connectivity index (χ2v) is 6.32. The molecular weight excluding hydrogens is 324 g/mol. The Morgan fingerprint density at radius 1 is 1.29 bits per heavy atom. The van der Waals surface area contributed by atoms with Crippen molar-refractivity contribution < 1.29 is 14.7 Å². The number of amides is 1. The van der Waals surface area contributed by atoms with Crippen LogP contribution in [0.2, 0.25) is 0 Å². The third-order valence-electron chi connectivity index (χ3n) is 3.63. The van der Waals surface area contributed by atoms with Crippen molar-refractivity contribution in [2.45, 2.75) is 19.8 Å². The fourth-order valence-electron chi connectivity index (χ4n) is 2.46. The van der Waals surface area contributed by atoms with Gasteiger partial charge in [-0.2, -0.15) is 10.1 Å². The summed E-state index contributed by atoms with van der Waals surface area (Å²) in [6.45, 7) is 2.04. The van der Waals surface area contributed by atoms with E-state index in [1.54, 1.807) is 23.5 Å². The van der Waals surface area contributed by atoms with Gasteiger partial charge in [0.05, 0.1) is 22.5 Å². The number of aromatic carboxylic acids is 1. The van der Waals surface area contributed by atoms with Crippen molar-refractivity contribution in [2.24, 2.45) is 5.10 Å². The minimum Gasteiger partial charge on any atom is -0.478 e. The molecule has 5 nitrogen and oxygen atoms in total. The van der Waals surface area contributed by atoms with Gasteiger partial charge in [0, 0.05) is 4.88 Å². The monoisotopic (exact) mass is 340 g/mol. The molecule has 1 aliphatic rings. The van der Waals surface area contributed by atoms with E-state index in [4.69, 9.17) is 5.11 Å². The van der Waals surface area contributed by atoms with Gasteiger partial charge in [0.1, 0.15) is 0 Å². The third-order valence-corrected chi connectivity index (χ3v) is 4.45. The summed E-state index contributed by atoms with van der Waals surface area (Å²) in [4.78, 5) is 24.7. The van der Waals surface area contributed by atoms with E-state index in [-0.39, 0.29) is 11.5 Å². The standard InChI is InChI=1S/C18H16N2O3S/c1-2-4-16-15(11-14-5-3-10-24-14)17(21)20(19-16)13-8-6-12(7-9-13)18(22)23/h3,5-11H,2,4H2,1H3,(H,22,23). The van der Waals surface area contributed by atoms with Gasteiger partial charge in [-0.3, -0.25) is 4.79 Å². The molecule has 0 spiro atoms. The first-order valence-electron chi connectivity index (χ1n) is 7.61. The van der Waals surface area contributed by atoms with Crippen LogP contribution in [0.5, 0.6) is 0 Å². The number of nitrogens with zero attached hydrogens (tertiary/aromatic N) is 2. The van der Waals surface area contributed by atoms with Crippen LogP contribution in [-0.2, 0) is 4.79 Å². The van der Waals surface area contributed by atoms with Crippen molar-refractivity contribution in [3.8, 4) is 0 Å². The molecule has 0 fully saturated rings. The molecule has 1 amide bonds. The number of carbonyl (C=O) groups excluding carboxylic acids is 1. The summed E-state index contributed by atoms with van der Waals surface area (Å²) in [7, 11) is 0. The van der Waals surface area contributed by atoms with E-state index in [2.05, 4.69) is 5.10 Å². The lowest BCUT2D eigenvalue weighted by atomic mass is 10.1. The highest BCUT2D eigenvalue weighted by Crippen LogP contribution is 2.27. The average Bonchev–Trinajstić information content (AvgIpc) is 3.19. The first-order chi connectivity index (χ1) is 11.6. The number of hydrogen-bond donors (Lipinski definition) is 1. The molecule has 122 valence electrons. The van der Waals surface area contributed by atoms with Gasteiger partial charge in [-0.15, -0.1) is 11.3 Å². The minimum absolute atomic E-state index is 0.178. The quantitative estimate of drug-likeness (QED) is 0.835. The number of thiophene rings is 1. The molecule has 0 bridgehead atoms. The largest absolute Gasteiger partial charge is 0.478 e. The Labute approximate surface area is 143 Å². The maximum atomic E-state index is 12.8. The molecule has 1 aliphatic heterocycles. The predicted octanol–water partition coefficient (Wildman–Crippen LogP) is 4.03. The number of carboxylic acid groups (broad SMARTS) is 1. The molecular formula is C18H16N2O3S. The predicted molar refractivity (Wildman–Crippen MR) is 95.5 cm³/mol. The number of carboxylic acids is 1. The van der Waals surface area contributed by atoms with Crippen LogP contribution in [0, 0.1) is 0 Å². The van der Waals surface area contributed by atoms with Gasteiger partial charge in [0.15, 0.2) is 0 Å². The Bertz CT molecular complexity index is 820. The molecule has 0 saturated carbocycles. The van der Waals surface area contributed by atoms with E-state index in [0.29, 0.717) is 17.7 Å². The summed E-state index contributed by atoms with van der Waals surface area (Å²) in [5.41, 5.74) is 2.10. The van der Waals surface area contributed by atoms with Crippen LogP contribution in [0.15, 0.2) is 52.5 Å². The molecule has 0 saturated heterocycles. The van der Waals surface area contributed by atoms with Crippen molar-refractivity contribution in [3.05, 3.63) is 57.8 Å². The smallest absolute Gasteiger partial charge is 0.335 e. The number of anilines is 1. The molecule has 24 heavy (non-hydrogen) atoms. The topological polar surface area (TPSA) is 70.0 Å². The van der Waals surface area contributed by atoms with Crippen LogP contribution >= 0.6 is 11.3 Å². The summed E-state index contributed by atoms with van der Waals surface area (Å²) < 4.78 is 0. The van der Waals surface area contributed by atoms with Crippen LogP contribution in [0.3, 0.4) is 0 Å². The second-order valence-electron chi connectivity index (χ2n) is 5.34. The fourth-order valence-corrected chi connectivity index (χ4v) is 3.12. The zero-order chi connectivity index (χ0) is 17.1. The van der Waals surface area contributed by atoms with Gasteiger partial charge in [-0.1, -0.05) is 19.4 Å². The lowest BCUT2D eigenvalue weighted by molar-refractivity contribution is -0.114. The Kier molecular flexibility index (Phi) is 4.57. The zero-order valence-electron chi connectivity index (χ0n) is 13.1. The highest BCUT2D eigenvalue weighted by Gasteiger charge is 2.30. The van der Waals surface area contributed by atoms with Crippen LogP contribution in [0.4, 0.5) is 5.69 Å². The first-order valence-corrected chi connectivity index (χ1v) is 8.49. The molecule has 3 rings (SSSR count). The van der Waals surface area contributed by atoms with Gasteiger partial charge in [-0.05, 0) is 48.2 Å². The molecule has 1 N–H and O–H groups in total. The van der Waals surface area contributed by atoms with Crippen molar-refractivity contribution in [1.29, 1.82) is 0 Å². The van der Waals surface area contributed by atoms with E-state index in [1.165, 1.54) is 17.1 Å². The molecule has 2 aromatic rings. The lowest BCUT2D eigenvalue weighted by Crippen LogP contribution is -2.21. The fraction of sp³-hybridized carbons (Fsp3) is 0.167. The highest BCUT2D eigenvalue weighted by molar-refractivity contribution is 7.10. The zero-order valence-corrected chi connectivity index (χ0v) is 13.9. The first kappa shape index (κ1) is 16.1. The molecule has 6 heteroatoms. The SMILES string of the molecule is CCCC1=NN(c2ccc(C(=O)O)cc2)C(=O)C1=Cc1cccs1. The van der Waals surface area contributed by atoms with Crippen molar-refractivity contribution >= 4 is 40.7 Å². The molecule has 1 aromatic heterocycles. The summed E-state index contributed by atoms with van der Waals surface area (Å²) >= 11 is 1.57. The Hall–Kier alpha value is -2.73. The van der Waals surface area contributed by atoms with Gasteiger partial charge < -0.3 is 5.11 Å². The van der Waals surface area contributed by atoms with E-state index in [0.717, 1.165) is 17.0 Å². The summed E-state index contributed by atoms with van der Waals surface area (Å²) in [5, 5.41) is 16.7. The third kappa shape index (κ3) is 3.14. The molecule has 0 aliphatic carbocycles. The lowest BCUT2D eigenvalue weighted by Gasteiger charge is -2.11. The Balaban J connectivity index is 1.95. The van der Waals surface area contributed by atoms with E-state index < -0.39 is 5.97 Å². The van der Waals surface area contributed by atoms with Crippen LogP contribution < -0.4 is 5.01 Å². The molecule has 1 aromatic carbocycles. The number of benzene rings is 1. The molecule has 0 atom stereocenters. The van der Waals surface area contributed by atoms with E-state index in [1.807, 2.05) is 30.5 Å². The molecule has 0 radical (unpaired) electrons. The Morgan fingerprint density at radius 3 is 2.62 bits per heavy atom. The maximum absolute atomic E-state index is 12.8. The number of carbonyl (C=O) groups is 2. The van der Waals surface area contributed by atoms with Crippen molar-refractivity contribution in [1.82, 2.24) is 0 Å². The van der Waals surface area contributed by atoms with Crippen LogP contribution in [-0.4, -0.2) is 22.7 Å². The summed E-state index contributed by atoms with van der Waals surface area (Å²) in [5.74, 6) is -1.18. The van der Waals surface area contributed by atoms with Gasteiger partial charge in [0.2, 0.25) is 0 Å². The van der Waals surface area contributed by atoms with Crippen LogP contribution in [0.1, 0.15) is 35.0 Å². The second kappa shape index (κ2) is 6.80.